The standard InChI is InChI=1S/C30H34N4O2/c1-22-9-3-7-13-28(22)34-30(19-23(2)33-34)36-29-14-8-6-12-27(29)32-21-35-20-31-26-17-15-25(16-18-26)24-10-4-5-11-24/h3,6-9,12-19,24,31-32H,4-5,10-11,20-21H2,1-2H3. The number of hydrogen-bond donors (Lipinski definition) is 2. The molecule has 0 amide bonds. The smallest absolute Gasteiger partial charge is 0.222 e. The molecule has 0 aliphatic heterocycles. The van der Waals surface area contributed by atoms with Crippen molar-refractivity contribution < 1.29 is 9.47 Å². The Morgan fingerprint density at radius 2 is 1.58 bits per heavy atom. The second-order valence-corrected chi connectivity index (χ2v) is 9.37. The fraction of sp³-hybridized carbons (Fsp3) is 0.300. The molecule has 1 saturated carbocycles. The highest BCUT2D eigenvalue weighted by molar-refractivity contribution is 5.57. The van der Waals surface area contributed by atoms with E-state index in [4.69, 9.17) is 9.47 Å². The van der Waals surface area contributed by atoms with Gasteiger partial charge in [-0.25, -0.2) is 4.68 Å². The summed E-state index contributed by atoms with van der Waals surface area (Å²) in [5.41, 5.74) is 6.40. The van der Waals surface area contributed by atoms with E-state index in [1.54, 1.807) is 0 Å². The highest BCUT2D eigenvalue weighted by Gasteiger charge is 2.16. The van der Waals surface area contributed by atoms with Crippen LogP contribution in [0.3, 0.4) is 0 Å². The molecular formula is C30H34N4O2. The van der Waals surface area contributed by atoms with Crippen molar-refractivity contribution >= 4 is 11.4 Å². The molecule has 4 aromatic rings. The highest BCUT2D eigenvalue weighted by atomic mass is 16.5. The first-order chi connectivity index (χ1) is 17.7. The number of aromatic nitrogens is 2. The molecule has 1 aliphatic rings. The second-order valence-electron chi connectivity index (χ2n) is 9.37. The average Bonchev–Trinajstić information content (AvgIpc) is 3.56. The van der Waals surface area contributed by atoms with E-state index >= 15 is 0 Å². The van der Waals surface area contributed by atoms with Gasteiger partial charge in [-0.2, -0.15) is 5.10 Å². The molecule has 0 spiro atoms. The van der Waals surface area contributed by atoms with Gasteiger partial charge in [-0.1, -0.05) is 55.3 Å². The van der Waals surface area contributed by atoms with Crippen LogP contribution in [-0.4, -0.2) is 23.2 Å². The summed E-state index contributed by atoms with van der Waals surface area (Å²) in [5.74, 6) is 2.12. The number of nitrogens with zero attached hydrogens (tertiary/aromatic N) is 2. The lowest BCUT2D eigenvalue weighted by molar-refractivity contribution is 0.171. The summed E-state index contributed by atoms with van der Waals surface area (Å²) >= 11 is 0. The maximum atomic E-state index is 6.32. The lowest BCUT2D eigenvalue weighted by Crippen LogP contribution is -2.13. The van der Waals surface area contributed by atoms with E-state index < -0.39 is 0 Å². The van der Waals surface area contributed by atoms with Crippen molar-refractivity contribution in [2.45, 2.75) is 45.4 Å². The lowest BCUT2D eigenvalue weighted by atomic mass is 9.98. The van der Waals surface area contributed by atoms with Crippen LogP contribution in [0.5, 0.6) is 11.6 Å². The average molecular weight is 483 g/mol. The Hall–Kier alpha value is -3.77. The number of para-hydroxylation sites is 3. The number of nitrogens with one attached hydrogen (secondary N) is 2. The van der Waals surface area contributed by atoms with Crippen molar-refractivity contribution in [3.63, 3.8) is 0 Å². The molecule has 0 radical (unpaired) electrons. The van der Waals surface area contributed by atoms with Crippen molar-refractivity contribution in [1.82, 2.24) is 9.78 Å². The maximum absolute atomic E-state index is 6.32. The van der Waals surface area contributed by atoms with Gasteiger partial charge in [0.25, 0.3) is 0 Å². The van der Waals surface area contributed by atoms with Crippen molar-refractivity contribution in [1.29, 1.82) is 0 Å². The molecule has 3 aromatic carbocycles. The quantitative estimate of drug-likeness (QED) is 0.182. The van der Waals surface area contributed by atoms with Gasteiger partial charge in [0.15, 0.2) is 5.75 Å². The lowest BCUT2D eigenvalue weighted by Gasteiger charge is -2.15. The second kappa shape index (κ2) is 11.3. The first-order valence-electron chi connectivity index (χ1n) is 12.7. The molecule has 5 rings (SSSR count). The Balaban J connectivity index is 1.16. The van der Waals surface area contributed by atoms with Gasteiger partial charge in [-0.3, -0.25) is 0 Å². The van der Waals surface area contributed by atoms with Gasteiger partial charge in [-0.05, 0) is 74.1 Å². The van der Waals surface area contributed by atoms with Gasteiger partial charge in [0.2, 0.25) is 5.88 Å². The summed E-state index contributed by atoms with van der Waals surface area (Å²) in [6, 6.07) is 26.7. The summed E-state index contributed by atoms with van der Waals surface area (Å²) in [7, 11) is 0. The number of hydrogen-bond acceptors (Lipinski definition) is 5. The van der Waals surface area contributed by atoms with E-state index in [9.17, 15) is 0 Å². The molecule has 6 nitrogen and oxygen atoms in total. The van der Waals surface area contributed by atoms with Gasteiger partial charge >= 0.3 is 0 Å². The minimum Gasteiger partial charge on any atom is -0.437 e. The van der Waals surface area contributed by atoms with Gasteiger partial charge in [0, 0.05) is 11.8 Å². The van der Waals surface area contributed by atoms with E-state index in [0.717, 1.165) is 34.2 Å². The van der Waals surface area contributed by atoms with E-state index in [-0.39, 0.29) is 0 Å². The summed E-state index contributed by atoms with van der Waals surface area (Å²) in [5, 5.41) is 11.3. The molecule has 1 aromatic heterocycles. The van der Waals surface area contributed by atoms with Crippen LogP contribution >= 0.6 is 0 Å². The highest BCUT2D eigenvalue weighted by Crippen LogP contribution is 2.34. The third-order valence-corrected chi connectivity index (χ3v) is 6.72. The van der Waals surface area contributed by atoms with Crippen molar-refractivity contribution in [2.75, 3.05) is 24.1 Å². The summed E-state index contributed by atoms with van der Waals surface area (Å²) in [6.07, 6.45) is 5.35. The molecule has 186 valence electrons. The molecule has 0 bridgehead atoms. The molecule has 1 heterocycles. The number of anilines is 2. The monoisotopic (exact) mass is 482 g/mol. The minimum atomic E-state index is 0.351. The first-order valence-corrected chi connectivity index (χ1v) is 12.7. The topological polar surface area (TPSA) is 60.3 Å². The van der Waals surface area contributed by atoms with Crippen LogP contribution in [0.15, 0.2) is 78.9 Å². The number of rotatable bonds is 10. The predicted molar refractivity (Wildman–Crippen MR) is 145 cm³/mol. The SMILES string of the molecule is Cc1cc(Oc2ccccc2NCOCNc2ccc(C3CCCC3)cc2)n(-c2ccccc2C)n1. The van der Waals surface area contributed by atoms with E-state index in [1.807, 2.05) is 60.1 Å². The van der Waals surface area contributed by atoms with Crippen LogP contribution < -0.4 is 15.4 Å². The zero-order valence-corrected chi connectivity index (χ0v) is 21.0. The molecule has 0 atom stereocenters. The Morgan fingerprint density at radius 1 is 0.861 bits per heavy atom. The third kappa shape index (κ3) is 5.71. The normalized spacial score (nSPS) is 13.6. The Bertz CT molecular complexity index is 1280. The number of aryl methyl sites for hydroxylation is 2. The molecule has 0 saturated heterocycles. The summed E-state index contributed by atoms with van der Waals surface area (Å²) < 4.78 is 14.0. The Morgan fingerprint density at radius 3 is 2.39 bits per heavy atom. The zero-order valence-electron chi connectivity index (χ0n) is 21.0. The molecule has 1 fully saturated rings. The van der Waals surface area contributed by atoms with Gasteiger partial charge in [-0.15, -0.1) is 0 Å². The van der Waals surface area contributed by atoms with E-state index in [1.165, 1.54) is 31.2 Å². The molecule has 1 aliphatic carbocycles. The van der Waals surface area contributed by atoms with Crippen LogP contribution in [0.4, 0.5) is 11.4 Å². The van der Waals surface area contributed by atoms with Crippen molar-refractivity contribution in [2.24, 2.45) is 0 Å². The minimum absolute atomic E-state index is 0.351. The van der Waals surface area contributed by atoms with Gasteiger partial charge < -0.3 is 20.1 Å². The fourth-order valence-electron chi connectivity index (χ4n) is 4.78. The number of ether oxygens (including phenoxy) is 2. The van der Waals surface area contributed by atoms with Crippen LogP contribution in [-0.2, 0) is 4.74 Å². The summed E-state index contributed by atoms with van der Waals surface area (Å²) in [6.45, 7) is 4.80. The zero-order chi connectivity index (χ0) is 24.7. The molecule has 2 N–H and O–H groups in total. The van der Waals surface area contributed by atoms with Crippen LogP contribution in [0.1, 0.15) is 48.4 Å². The van der Waals surface area contributed by atoms with Crippen LogP contribution in [0.2, 0.25) is 0 Å². The third-order valence-electron chi connectivity index (χ3n) is 6.72. The van der Waals surface area contributed by atoms with Gasteiger partial charge in [0.1, 0.15) is 13.5 Å². The fourth-order valence-corrected chi connectivity index (χ4v) is 4.78. The molecule has 36 heavy (non-hydrogen) atoms. The molecule has 0 unspecified atom stereocenters. The van der Waals surface area contributed by atoms with E-state index in [2.05, 4.69) is 53.0 Å². The Labute approximate surface area is 213 Å². The van der Waals surface area contributed by atoms with Crippen LogP contribution in [0, 0.1) is 13.8 Å². The van der Waals surface area contributed by atoms with E-state index in [0.29, 0.717) is 25.1 Å². The van der Waals surface area contributed by atoms with Crippen molar-refractivity contribution in [3.8, 4) is 17.3 Å². The predicted octanol–water partition coefficient (Wildman–Crippen LogP) is 7.39. The molecular weight excluding hydrogens is 448 g/mol. The van der Waals surface area contributed by atoms with Gasteiger partial charge in [0.05, 0.1) is 17.1 Å². The molecule has 6 heteroatoms. The number of benzene rings is 3. The maximum Gasteiger partial charge on any atom is 0.222 e. The summed E-state index contributed by atoms with van der Waals surface area (Å²) in [4.78, 5) is 0. The largest absolute Gasteiger partial charge is 0.437 e. The van der Waals surface area contributed by atoms with Crippen molar-refractivity contribution in [3.05, 3.63) is 95.7 Å². The van der Waals surface area contributed by atoms with Crippen LogP contribution in [0.25, 0.3) is 5.69 Å². The Kier molecular flexibility index (Phi) is 7.52. The first kappa shape index (κ1) is 23.9.